The van der Waals surface area contributed by atoms with E-state index in [9.17, 15) is 0 Å². The molecule has 2 aliphatic rings. The van der Waals surface area contributed by atoms with E-state index in [0.717, 1.165) is 55.4 Å². The number of fused-ring (bicyclic) bond motifs is 2. The van der Waals surface area contributed by atoms with Crippen LogP contribution in [-0.2, 0) is 17.3 Å². The van der Waals surface area contributed by atoms with E-state index in [0.29, 0.717) is 0 Å². The van der Waals surface area contributed by atoms with E-state index in [2.05, 4.69) is 63.7 Å². The largest absolute Gasteiger partial charge is 0.492 e. The second-order valence-corrected chi connectivity index (χ2v) is 10.1. The van der Waals surface area contributed by atoms with E-state index in [-0.39, 0.29) is 16.9 Å². The van der Waals surface area contributed by atoms with Crippen LogP contribution in [0.25, 0.3) is 0 Å². The Bertz CT molecular complexity index is 901. The first kappa shape index (κ1) is 20.0. The molecular formula is C24H33N3O2. The number of aryl methyl sites for hydroxylation is 1. The Balaban J connectivity index is 1.55. The van der Waals surface area contributed by atoms with Gasteiger partial charge in [-0.3, -0.25) is 4.98 Å². The molecule has 4 rings (SSSR count). The van der Waals surface area contributed by atoms with Crippen molar-refractivity contribution in [1.29, 1.82) is 0 Å². The lowest BCUT2D eigenvalue weighted by Crippen LogP contribution is -2.42. The quantitative estimate of drug-likeness (QED) is 0.756. The van der Waals surface area contributed by atoms with E-state index >= 15 is 0 Å². The standard InChI is InChI=1S/C24H33N3O2/c1-23(2,3)17-11-19-22(26-13-17)27(6)15-18(29-19)12-24(4,5)21-10-16-8-7-9-28-20(16)14-25-21/h10-11,13-14,18H,7-9,12,15H2,1-6H3. The molecule has 5 nitrogen and oxygen atoms in total. The topological polar surface area (TPSA) is 47.5 Å². The average molecular weight is 396 g/mol. The molecule has 156 valence electrons. The van der Waals surface area contributed by atoms with Gasteiger partial charge in [-0.2, -0.15) is 0 Å². The minimum atomic E-state index is -0.0927. The smallest absolute Gasteiger partial charge is 0.171 e. The summed E-state index contributed by atoms with van der Waals surface area (Å²) >= 11 is 0. The number of ether oxygens (including phenoxy) is 2. The molecule has 5 heteroatoms. The summed E-state index contributed by atoms with van der Waals surface area (Å²) in [5.74, 6) is 2.76. The van der Waals surface area contributed by atoms with Gasteiger partial charge in [0.25, 0.3) is 0 Å². The molecule has 0 aromatic carbocycles. The summed E-state index contributed by atoms with van der Waals surface area (Å²) < 4.78 is 12.2. The van der Waals surface area contributed by atoms with Crippen LogP contribution < -0.4 is 14.4 Å². The van der Waals surface area contributed by atoms with Crippen LogP contribution in [0.3, 0.4) is 0 Å². The minimum absolute atomic E-state index is 0.0469. The Morgan fingerprint density at radius 1 is 1.07 bits per heavy atom. The van der Waals surface area contributed by atoms with Crippen LogP contribution in [0.1, 0.15) is 64.3 Å². The summed E-state index contributed by atoms with van der Waals surface area (Å²) in [7, 11) is 2.10. The molecule has 0 saturated carbocycles. The van der Waals surface area contributed by atoms with E-state index in [1.54, 1.807) is 0 Å². The van der Waals surface area contributed by atoms with Gasteiger partial charge in [-0.15, -0.1) is 0 Å². The van der Waals surface area contributed by atoms with Crippen LogP contribution in [0.15, 0.2) is 24.5 Å². The highest BCUT2D eigenvalue weighted by molar-refractivity contribution is 5.55. The number of anilines is 1. The van der Waals surface area contributed by atoms with Crippen molar-refractivity contribution in [3.05, 3.63) is 41.3 Å². The molecule has 0 aliphatic carbocycles. The van der Waals surface area contributed by atoms with Crippen LogP contribution in [0.2, 0.25) is 0 Å². The van der Waals surface area contributed by atoms with Gasteiger partial charge < -0.3 is 14.4 Å². The van der Waals surface area contributed by atoms with Crippen molar-refractivity contribution >= 4 is 5.82 Å². The summed E-state index contributed by atoms with van der Waals surface area (Å²) in [4.78, 5) is 11.6. The van der Waals surface area contributed by atoms with Crippen LogP contribution in [-0.4, -0.2) is 36.3 Å². The number of likely N-dealkylation sites (N-methyl/N-ethyl adjacent to an activating group) is 1. The maximum absolute atomic E-state index is 6.45. The fourth-order valence-corrected chi connectivity index (χ4v) is 4.23. The Kier molecular flexibility index (Phi) is 4.96. The zero-order chi connectivity index (χ0) is 20.8. The molecule has 0 radical (unpaired) electrons. The molecular weight excluding hydrogens is 362 g/mol. The lowest BCUT2D eigenvalue weighted by molar-refractivity contribution is 0.156. The van der Waals surface area contributed by atoms with Gasteiger partial charge in [0.1, 0.15) is 11.9 Å². The molecule has 0 fully saturated rings. The molecule has 0 spiro atoms. The van der Waals surface area contributed by atoms with Crippen LogP contribution in [0, 0.1) is 0 Å². The van der Waals surface area contributed by atoms with Crippen LogP contribution in [0.5, 0.6) is 11.5 Å². The third-order valence-corrected chi connectivity index (χ3v) is 6.06. The SMILES string of the molecule is CN1CC(CC(C)(C)c2cc3c(cn2)OCCC3)Oc2cc(C(C)(C)C)cnc21. The van der Waals surface area contributed by atoms with Gasteiger partial charge in [-0.1, -0.05) is 34.6 Å². The molecule has 2 aliphatic heterocycles. The number of hydrogen-bond acceptors (Lipinski definition) is 5. The lowest BCUT2D eigenvalue weighted by Gasteiger charge is -2.37. The van der Waals surface area contributed by atoms with Gasteiger partial charge in [0.15, 0.2) is 11.6 Å². The predicted molar refractivity (Wildman–Crippen MR) is 116 cm³/mol. The highest BCUT2D eigenvalue weighted by Gasteiger charge is 2.33. The second-order valence-electron chi connectivity index (χ2n) is 10.1. The van der Waals surface area contributed by atoms with Crippen molar-refractivity contribution in [2.75, 3.05) is 25.1 Å². The van der Waals surface area contributed by atoms with Gasteiger partial charge in [0, 0.05) is 24.4 Å². The number of aromatic nitrogens is 2. The van der Waals surface area contributed by atoms with E-state index < -0.39 is 0 Å². The summed E-state index contributed by atoms with van der Waals surface area (Å²) in [6.07, 6.45) is 7.00. The third-order valence-electron chi connectivity index (χ3n) is 6.06. The summed E-state index contributed by atoms with van der Waals surface area (Å²) in [6, 6.07) is 4.39. The Hall–Kier alpha value is -2.30. The number of rotatable bonds is 3. The van der Waals surface area contributed by atoms with E-state index in [1.807, 2.05) is 12.4 Å². The highest BCUT2D eigenvalue weighted by Crippen LogP contribution is 2.38. The fraction of sp³-hybridized carbons (Fsp3) is 0.583. The van der Waals surface area contributed by atoms with Gasteiger partial charge >= 0.3 is 0 Å². The summed E-state index contributed by atoms with van der Waals surface area (Å²) in [6.45, 7) is 12.7. The van der Waals surface area contributed by atoms with E-state index in [4.69, 9.17) is 14.5 Å². The zero-order valence-electron chi connectivity index (χ0n) is 18.6. The molecule has 0 bridgehead atoms. The normalized spacial score (nSPS) is 19.1. The maximum Gasteiger partial charge on any atom is 0.171 e. The molecule has 29 heavy (non-hydrogen) atoms. The van der Waals surface area contributed by atoms with Crippen LogP contribution >= 0.6 is 0 Å². The van der Waals surface area contributed by atoms with Gasteiger partial charge in [-0.25, -0.2) is 4.98 Å². The molecule has 0 N–H and O–H groups in total. The Morgan fingerprint density at radius 2 is 1.86 bits per heavy atom. The molecule has 1 unspecified atom stereocenters. The minimum Gasteiger partial charge on any atom is -0.492 e. The van der Waals surface area contributed by atoms with E-state index in [1.165, 1.54) is 11.1 Å². The average Bonchev–Trinajstić information content (AvgIpc) is 2.66. The number of nitrogens with zero attached hydrogens (tertiary/aromatic N) is 3. The van der Waals surface area contributed by atoms with Crippen molar-refractivity contribution in [2.24, 2.45) is 0 Å². The monoisotopic (exact) mass is 395 g/mol. The van der Waals surface area contributed by atoms with Gasteiger partial charge in [-0.05, 0) is 47.9 Å². The zero-order valence-corrected chi connectivity index (χ0v) is 18.6. The predicted octanol–water partition coefficient (Wildman–Crippen LogP) is 4.66. The summed E-state index contributed by atoms with van der Waals surface area (Å²) in [5.41, 5.74) is 3.54. The van der Waals surface area contributed by atoms with Crippen LogP contribution in [0.4, 0.5) is 5.82 Å². The highest BCUT2D eigenvalue weighted by atomic mass is 16.5. The van der Waals surface area contributed by atoms with Crippen molar-refractivity contribution in [2.45, 2.75) is 70.8 Å². The van der Waals surface area contributed by atoms with Crippen molar-refractivity contribution in [3.63, 3.8) is 0 Å². The maximum atomic E-state index is 6.45. The molecule has 2 aromatic rings. The number of hydrogen-bond donors (Lipinski definition) is 0. The second kappa shape index (κ2) is 7.19. The Labute approximate surface area is 174 Å². The fourth-order valence-electron chi connectivity index (χ4n) is 4.23. The molecule has 4 heterocycles. The van der Waals surface area contributed by atoms with Crippen molar-refractivity contribution < 1.29 is 9.47 Å². The first-order valence-corrected chi connectivity index (χ1v) is 10.6. The van der Waals surface area contributed by atoms with Gasteiger partial charge in [0.05, 0.1) is 19.3 Å². The number of pyridine rings is 2. The summed E-state index contributed by atoms with van der Waals surface area (Å²) in [5, 5.41) is 0. The first-order valence-electron chi connectivity index (χ1n) is 10.6. The Morgan fingerprint density at radius 3 is 2.62 bits per heavy atom. The molecule has 1 atom stereocenters. The van der Waals surface area contributed by atoms with Crippen molar-refractivity contribution in [3.8, 4) is 11.5 Å². The van der Waals surface area contributed by atoms with Gasteiger partial charge in [0.2, 0.25) is 0 Å². The lowest BCUT2D eigenvalue weighted by atomic mass is 9.81. The molecule has 0 saturated heterocycles. The third kappa shape index (κ3) is 4.05. The van der Waals surface area contributed by atoms with Crippen molar-refractivity contribution in [1.82, 2.24) is 9.97 Å². The molecule has 2 aromatic heterocycles. The molecule has 0 amide bonds. The first-order chi connectivity index (χ1) is 13.6.